The van der Waals surface area contributed by atoms with Crippen molar-refractivity contribution in [2.75, 3.05) is 13.1 Å². The normalized spacial score (nSPS) is 13.5. The second kappa shape index (κ2) is 7.62. The van der Waals surface area contributed by atoms with Gasteiger partial charge in [-0.1, -0.05) is 6.92 Å². The van der Waals surface area contributed by atoms with Gasteiger partial charge in [-0.3, -0.25) is 4.79 Å². The van der Waals surface area contributed by atoms with Crippen LogP contribution in [-0.2, 0) is 4.79 Å². The number of amides is 2. The number of aliphatic carboxylic acids is 1. The lowest BCUT2D eigenvalue weighted by Gasteiger charge is -2.29. The third-order valence-electron chi connectivity index (χ3n) is 3.28. The minimum absolute atomic E-state index is 0.0361. The number of rotatable bonds is 7. The van der Waals surface area contributed by atoms with E-state index in [0.29, 0.717) is 13.0 Å². The van der Waals surface area contributed by atoms with Gasteiger partial charge in [0.1, 0.15) is 0 Å². The Kier molecular flexibility index (Phi) is 6.91. The molecule has 0 aliphatic rings. The number of carbonyl (C=O) groups is 2. The Morgan fingerprint density at radius 2 is 2.05 bits per heavy atom. The zero-order valence-corrected chi connectivity index (χ0v) is 12.1. The average Bonchev–Trinajstić information content (AvgIpc) is 2.35. The first-order valence-corrected chi connectivity index (χ1v) is 6.43. The van der Waals surface area contributed by atoms with E-state index < -0.39 is 11.4 Å². The van der Waals surface area contributed by atoms with Crippen molar-refractivity contribution < 1.29 is 14.7 Å². The topological polar surface area (TPSA) is 93.4 Å². The first-order valence-electron chi connectivity index (χ1n) is 6.43. The van der Waals surface area contributed by atoms with Gasteiger partial charge in [0.2, 0.25) is 0 Å². The minimum Gasteiger partial charge on any atom is -0.481 e. The summed E-state index contributed by atoms with van der Waals surface area (Å²) in [7, 11) is 0. The van der Waals surface area contributed by atoms with E-state index >= 15 is 0 Å². The highest BCUT2D eigenvalue weighted by Crippen LogP contribution is 2.20. The summed E-state index contributed by atoms with van der Waals surface area (Å²) < 4.78 is 0. The molecule has 1 unspecified atom stereocenters. The fraction of sp³-hybridized carbons (Fsp3) is 0.769. The van der Waals surface area contributed by atoms with Crippen molar-refractivity contribution in [2.24, 2.45) is 5.41 Å². The quantitative estimate of drug-likeness (QED) is 0.737. The van der Waals surface area contributed by atoms with Crippen LogP contribution in [0, 0.1) is 16.7 Å². The largest absolute Gasteiger partial charge is 0.481 e. The van der Waals surface area contributed by atoms with Crippen LogP contribution in [-0.4, -0.2) is 41.1 Å². The van der Waals surface area contributed by atoms with E-state index in [1.54, 1.807) is 13.8 Å². The third kappa shape index (κ3) is 5.16. The number of urea groups is 1. The molecule has 0 fully saturated rings. The molecule has 6 heteroatoms. The van der Waals surface area contributed by atoms with Crippen molar-refractivity contribution in [3.8, 4) is 6.07 Å². The number of nitriles is 1. The number of hydrogen-bond donors (Lipinski definition) is 2. The molecule has 0 aromatic carbocycles. The van der Waals surface area contributed by atoms with E-state index in [0.717, 1.165) is 0 Å². The Morgan fingerprint density at radius 1 is 1.47 bits per heavy atom. The van der Waals surface area contributed by atoms with Crippen LogP contribution in [0.5, 0.6) is 0 Å². The minimum atomic E-state index is -0.965. The predicted octanol–water partition coefficient (Wildman–Crippen LogP) is 1.82. The van der Waals surface area contributed by atoms with E-state index in [4.69, 9.17) is 10.4 Å². The van der Waals surface area contributed by atoms with Gasteiger partial charge in [0, 0.05) is 19.1 Å². The Balaban J connectivity index is 4.57. The first-order chi connectivity index (χ1) is 8.78. The van der Waals surface area contributed by atoms with E-state index in [1.165, 1.54) is 4.90 Å². The Morgan fingerprint density at radius 3 is 2.42 bits per heavy atom. The van der Waals surface area contributed by atoms with Crippen molar-refractivity contribution >= 4 is 12.0 Å². The predicted molar refractivity (Wildman–Crippen MR) is 71.5 cm³/mol. The standard InChI is InChI=1S/C13H23N3O3/c1-5-13(4,11(17)18)9-15-12(19)16(10(2)3)8-6-7-14/h10H,5-6,8-9H2,1-4H3,(H,15,19)(H,17,18). The van der Waals surface area contributed by atoms with E-state index in [9.17, 15) is 9.59 Å². The number of nitrogens with zero attached hydrogens (tertiary/aromatic N) is 2. The number of carbonyl (C=O) groups excluding carboxylic acids is 1. The molecule has 0 aromatic rings. The molecule has 0 heterocycles. The molecular formula is C13H23N3O3. The van der Waals surface area contributed by atoms with E-state index in [1.807, 2.05) is 19.9 Å². The molecule has 0 saturated heterocycles. The van der Waals surface area contributed by atoms with E-state index in [2.05, 4.69) is 5.32 Å². The molecule has 108 valence electrons. The summed E-state index contributed by atoms with van der Waals surface area (Å²) in [5.41, 5.74) is -0.965. The monoisotopic (exact) mass is 269 g/mol. The van der Waals surface area contributed by atoms with Gasteiger partial charge in [0.25, 0.3) is 0 Å². The molecule has 19 heavy (non-hydrogen) atoms. The summed E-state index contributed by atoms with van der Waals surface area (Å²) in [5, 5.41) is 20.3. The highest BCUT2D eigenvalue weighted by molar-refractivity contribution is 5.78. The molecule has 1 atom stereocenters. The lowest BCUT2D eigenvalue weighted by molar-refractivity contribution is -0.147. The van der Waals surface area contributed by atoms with Crippen LogP contribution in [0.15, 0.2) is 0 Å². The van der Waals surface area contributed by atoms with Gasteiger partial charge in [0.05, 0.1) is 17.9 Å². The molecule has 0 saturated carbocycles. The zero-order valence-electron chi connectivity index (χ0n) is 12.1. The van der Waals surface area contributed by atoms with Crippen LogP contribution in [0.2, 0.25) is 0 Å². The summed E-state index contributed by atoms with van der Waals surface area (Å²) in [5.74, 6) is -0.927. The maximum atomic E-state index is 12.0. The van der Waals surface area contributed by atoms with Gasteiger partial charge in [0.15, 0.2) is 0 Å². The number of carboxylic acids is 1. The zero-order chi connectivity index (χ0) is 15.1. The molecule has 0 aliphatic heterocycles. The molecule has 0 aliphatic carbocycles. The maximum Gasteiger partial charge on any atom is 0.317 e. The average molecular weight is 269 g/mol. The lowest BCUT2D eigenvalue weighted by Crippen LogP contribution is -2.48. The Bertz CT molecular complexity index is 363. The van der Waals surface area contributed by atoms with Gasteiger partial charge in [-0.25, -0.2) is 4.79 Å². The SMILES string of the molecule is CCC(C)(CNC(=O)N(CCC#N)C(C)C)C(=O)O. The van der Waals surface area contributed by atoms with Crippen molar-refractivity contribution in [3.63, 3.8) is 0 Å². The third-order valence-corrected chi connectivity index (χ3v) is 3.28. The maximum absolute atomic E-state index is 12.0. The molecule has 0 rings (SSSR count). The first kappa shape index (κ1) is 17.2. The van der Waals surface area contributed by atoms with Crippen molar-refractivity contribution in [3.05, 3.63) is 0 Å². The highest BCUT2D eigenvalue weighted by Gasteiger charge is 2.32. The fourth-order valence-corrected chi connectivity index (χ4v) is 1.49. The lowest BCUT2D eigenvalue weighted by atomic mass is 9.88. The number of nitrogens with one attached hydrogen (secondary N) is 1. The van der Waals surface area contributed by atoms with Gasteiger partial charge < -0.3 is 15.3 Å². The fourth-order valence-electron chi connectivity index (χ4n) is 1.49. The summed E-state index contributed by atoms with van der Waals surface area (Å²) in [6.07, 6.45) is 0.693. The highest BCUT2D eigenvalue weighted by atomic mass is 16.4. The summed E-state index contributed by atoms with van der Waals surface area (Å²) >= 11 is 0. The molecule has 0 bridgehead atoms. The molecular weight excluding hydrogens is 246 g/mol. The van der Waals surface area contributed by atoms with Crippen LogP contribution in [0.3, 0.4) is 0 Å². The summed E-state index contributed by atoms with van der Waals surface area (Å²) in [6, 6.07) is 1.63. The van der Waals surface area contributed by atoms with Gasteiger partial charge in [-0.15, -0.1) is 0 Å². The summed E-state index contributed by atoms with van der Waals surface area (Å²) in [4.78, 5) is 24.6. The van der Waals surface area contributed by atoms with Crippen molar-refractivity contribution in [2.45, 2.75) is 46.6 Å². The number of carboxylic acid groups (broad SMARTS) is 1. The van der Waals surface area contributed by atoms with E-state index in [-0.39, 0.29) is 25.0 Å². The second-order valence-corrected chi connectivity index (χ2v) is 5.07. The van der Waals surface area contributed by atoms with Crippen LogP contribution < -0.4 is 5.32 Å². The molecule has 0 spiro atoms. The molecule has 0 aromatic heterocycles. The van der Waals surface area contributed by atoms with Crippen LogP contribution in [0.25, 0.3) is 0 Å². The second-order valence-electron chi connectivity index (χ2n) is 5.07. The van der Waals surface area contributed by atoms with Gasteiger partial charge >= 0.3 is 12.0 Å². The smallest absolute Gasteiger partial charge is 0.317 e. The van der Waals surface area contributed by atoms with Gasteiger partial charge in [-0.2, -0.15) is 5.26 Å². The Hall–Kier alpha value is -1.77. The van der Waals surface area contributed by atoms with Crippen LogP contribution in [0.1, 0.15) is 40.5 Å². The van der Waals surface area contributed by atoms with Crippen LogP contribution >= 0.6 is 0 Å². The van der Waals surface area contributed by atoms with Gasteiger partial charge in [-0.05, 0) is 27.2 Å². The van der Waals surface area contributed by atoms with Crippen molar-refractivity contribution in [1.29, 1.82) is 5.26 Å². The van der Waals surface area contributed by atoms with Crippen LogP contribution in [0.4, 0.5) is 4.79 Å². The molecule has 6 nitrogen and oxygen atoms in total. The number of hydrogen-bond acceptors (Lipinski definition) is 3. The summed E-state index contributed by atoms with van der Waals surface area (Å²) in [6.45, 7) is 7.50. The van der Waals surface area contributed by atoms with Crippen molar-refractivity contribution in [1.82, 2.24) is 10.2 Å². The molecule has 2 N–H and O–H groups in total. The Labute approximate surface area is 114 Å². The molecule has 0 radical (unpaired) electrons. The molecule has 2 amide bonds.